The molecule has 0 aromatic rings. The lowest BCUT2D eigenvalue weighted by atomic mass is 9.47. The lowest BCUT2D eigenvalue weighted by molar-refractivity contribution is -0.125. The van der Waals surface area contributed by atoms with Crippen LogP contribution >= 0.6 is 21.6 Å². The molecule has 4 aliphatic carbocycles. The Bertz CT molecular complexity index is 1030. The second-order valence-electron chi connectivity index (χ2n) is 13.8. The summed E-state index contributed by atoms with van der Waals surface area (Å²) in [7, 11) is 4.23. The van der Waals surface area contributed by atoms with Crippen LogP contribution in [0.2, 0.25) is 0 Å². The minimum Gasteiger partial charge on any atom is -0.396 e. The monoisotopic (exact) mass is 575 g/mol. The van der Waals surface area contributed by atoms with E-state index in [9.17, 15) is 15.0 Å². The van der Waals surface area contributed by atoms with E-state index in [2.05, 4.69) is 38.8 Å². The Hall–Kier alpha value is -0.700. The molecule has 0 radical (unpaired) electrons. The van der Waals surface area contributed by atoms with Gasteiger partial charge in [-0.1, -0.05) is 53.3 Å². The number of aliphatic hydroxyl groups is 2. The Labute approximate surface area is 242 Å². The number of carbonyl (C=O) groups is 1. The summed E-state index contributed by atoms with van der Waals surface area (Å²) in [5, 5.41) is 24.1. The topological polar surface area (TPSA) is 108 Å². The van der Waals surface area contributed by atoms with Crippen molar-refractivity contribution in [2.24, 2.45) is 39.3 Å². The highest BCUT2D eigenvalue weighted by Gasteiger charge is 2.69. The SMILES string of the molecule is C[C@]12CCSSC3(CCCCC3)[C@]3(CCCC4=C5C[C@H]1C[C@H](CO)[C@@H](CCCO)[C@@]52CC4=O)CCN=C(N)N3. The minimum absolute atomic E-state index is 0.0694. The van der Waals surface area contributed by atoms with Crippen molar-refractivity contribution in [2.45, 2.75) is 114 Å². The van der Waals surface area contributed by atoms with Gasteiger partial charge in [0, 0.05) is 42.1 Å². The smallest absolute Gasteiger partial charge is 0.189 e. The molecule has 0 aromatic carbocycles. The molecule has 2 aliphatic heterocycles. The van der Waals surface area contributed by atoms with Gasteiger partial charge in [0.2, 0.25) is 0 Å². The summed E-state index contributed by atoms with van der Waals surface area (Å²) < 4.78 is 0.144. The van der Waals surface area contributed by atoms with Gasteiger partial charge in [-0.2, -0.15) is 0 Å². The summed E-state index contributed by atoms with van der Waals surface area (Å²) in [6.07, 6.45) is 15.7. The molecule has 39 heavy (non-hydrogen) atoms. The standard InChI is InChI=1S/C31H49N3O3S2/c1-28-13-16-38-39-30(10-3-2-4-11-30)29(12-14-33-27(32)34-29)9-5-7-23-25-18-22(28)17-21(20-36)24(8-6-15-35)31(25,28)19-26(23)37/h21-22,24,35-36H,2-20H2,1H3,(H3,32,33,34)/t21-,22-,24-,28+,29+,31+/m1/s1. The maximum absolute atomic E-state index is 13.9. The van der Waals surface area contributed by atoms with Crippen molar-refractivity contribution in [3.63, 3.8) is 0 Å². The third-order valence-electron chi connectivity index (χ3n) is 12.4. The quantitative estimate of drug-likeness (QED) is 0.334. The third kappa shape index (κ3) is 4.27. The number of nitrogens with zero attached hydrogens (tertiary/aromatic N) is 1. The molecular formula is C31H49N3O3S2. The van der Waals surface area contributed by atoms with Crippen LogP contribution in [-0.2, 0) is 4.79 Å². The molecule has 0 amide bonds. The molecule has 6 atom stereocenters. The number of nitrogens with one attached hydrogen (secondary N) is 1. The normalized spacial score (nSPS) is 42.1. The fraction of sp³-hybridized carbons (Fsp3) is 0.871. The number of hydrogen-bond acceptors (Lipinski definition) is 8. The van der Waals surface area contributed by atoms with Gasteiger partial charge in [0.15, 0.2) is 11.7 Å². The molecule has 5 N–H and O–H groups in total. The molecule has 218 valence electrons. The average Bonchev–Trinajstić information content (AvgIpc) is 3.26. The third-order valence-corrected chi connectivity index (χ3v) is 15.8. The number of aliphatic imine (C=N–C) groups is 1. The molecule has 0 aromatic heterocycles. The zero-order valence-corrected chi connectivity index (χ0v) is 25.4. The Kier molecular flexibility index (Phi) is 7.91. The first-order valence-corrected chi connectivity index (χ1v) is 18.0. The van der Waals surface area contributed by atoms with Crippen LogP contribution in [0.1, 0.15) is 103 Å². The predicted molar refractivity (Wildman–Crippen MR) is 162 cm³/mol. The van der Waals surface area contributed by atoms with Crippen LogP contribution in [0.15, 0.2) is 16.1 Å². The van der Waals surface area contributed by atoms with Gasteiger partial charge in [-0.05, 0) is 99.4 Å². The van der Waals surface area contributed by atoms with Crippen LogP contribution in [-0.4, -0.2) is 57.8 Å². The molecule has 6 aliphatic rings. The Morgan fingerprint density at radius 3 is 2.67 bits per heavy atom. The second-order valence-corrected chi connectivity index (χ2v) is 16.6. The van der Waals surface area contributed by atoms with Crippen molar-refractivity contribution in [3.05, 3.63) is 11.1 Å². The lowest BCUT2D eigenvalue weighted by Crippen LogP contribution is -2.66. The van der Waals surface area contributed by atoms with Crippen LogP contribution in [0.5, 0.6) is 0 Å². The Morgan fingerprint density at radius 1 is 1.10 bits per heavy atom. The number of rotatable bonds is 4. The van der Waals surface area contributed by atoms with Crippen molar-refractivity contribution in [2.75, 3.05) is 25.5 Å². The second kappa shape index (κ2) is 10.9. The summed E-state index contributed by atoms with van der Waals surface area (Å²) in [5.74, 6) is 3.12. The first-order valence-electron chi connectivity index (χ1n) is 15.7. The Balaban J connectivity index is 1.40. The zero-order valence-electron chi connectivity index (χ0n) is 23.8. The first kappa shape index (κ1) is 28.4. The number of Topliss-reactive ketones (excluding diaryl/α,β-unsaturated/α-hetero) is 1. The van der Waals surface area contributed by atoms with Gasteiger partial charge in [-0.25, -0.2) is 0 Å². The number of fused-ring (bicyclic) bond motifs is 1. The molecule has 0 saturated heterocycles. The fourth-order valence-corrected chi connectivity index (χ4v) is 14.4. The largest absolute Gasteiger partial charge is 0.396 e. The van der Waals surface area contributed by atoms with Crippen molar-refractivity contribution in [3.8, 4) is 0 Å². The zero-order chi connectivity index (χ0) is 27.3. The number of hydrogen-bond donors (Lipinski definition) is 4. The van der Waals surface area contributed by atoms with Crippen molar-refractivity contribution >= 4 is 33.3 Å². The molecule has 3 spiro atoms. The molecule has 5 bridgehead atoms. The van der Waals surface area contributed by atoms with E-state index in [1.165, 1.54) is 37.7 Å². The number of carbonyl (C=O) groups excluding carboxylic acids is 1. The molecule has 3 fully saturated rings. The van der Waals surface area contributed by atoms with Gasteiger partial charge < -0.3 is 21.3 Å². The van der Waals surface area contributed by atoms with E-state index in [1.807, 2.05) is 0 Å². The highest BCUT2D eigenvalue weighted by atomic mass is 33.1. The predicted octanol–water partition coefficient (Wildman–Crippen LogP) is 5.37. The summed E-state index contributed by atoms with van der Waals surface area (Å²) in [6.45, 7) is 3.67. The lowest BCUT2D eigenvalue weighted by Gasteiger charge is -2.57. The maximum Gasteiger partial charge on any atom is 0.189 e. The van der Waals surface area contributed by atoms with Gasteiger partial charge in [0.1, 0.15) is 0 Å². The van der Waals surface area contributed by atoms with E-state index in [-0.39, 0.29) is 46.2 Å². The van der Waals surface area contributed by atoms with Crippen LogP contribution in [0.25, 0.3) is 0 Å². The Morgan fingerprint density at radius 2 is 1.92 bits per heavy atom. The van der Waals surface area contributed by atoms with E-state index < -0.39 is 0 Å². The van der Waals surface area contributed by atoms with Crippen molar-refractivity contribution in [1.82, 2.24) is 5.32 Å². The van der Waals surface area contributed by atoms with E-state index in [1.54, 1.807) is 0 Å². The van der Waals surface area contributed by atoms with E-state index in [4.69, 9.17) is 5.73 Å². The van der Waals surface area contributed by atoms with Crippen molar-refractivity contribution < 1.29 is 15.0 Å². The number of allylic oxidation sites excluding steroid dienone is 2. The number of guanidine groups is 1. The minimum atomic E-state index is -0.134. The van der Waals surface area contributed by atoms with Gasteiger partial charge in [-0.15, -0.1) is 0 Å². The van der Waals surface area contributed by atoms with Crippen molar-refractivity contribution in [1.29, 1.82) is 0 Å². The van der Waals surface area contributed by atoms with Crippen LogP contribution in [0.3, 0.4) is 0 Å². The highest BCUT2D eigenvalue weighted by Crippen LogP contribution is 2.75. The highest BCUT2D eigenvalue weighted by molar-refractivity contribution is 8.77. The number of nitrogens with two attached hydrogens (primary N) is 1. The maximum atomic E-state index is 13.9. The molecule has 0 unspecified atom stereocenters. The van der Waals surface area contributed by atoms with Crippen LogP contribution in [0, 0.1) is 28.6 Å². The molecular weight excluding hydrogens is 526 g/mol. The van der Waals surface area contributed by atoms with Crippen LogP contribution < -0.4 is 11.1 Å². The van der Waals surface area contributed by atoms with Gasteiger partial charge in [0.25, 0.3) is 0 Å². The summed E-state index contributed by atoms with van der Waals surface area (Å²) in [6, 6.07) is 0. The first-order chi connectivity index (χ1) is 18.8. The van der Waals surface area contributed by atoms with E-state index in [0.29, 0.717) is 24.1 Å². The molecule has 8 heteroatoms. The number of ketones is 1. The van der Waals surface area contributed by atoms with Gasteiger partial charge >= 0.3 is 0 Å². The van der Waals surface area contributed by atoms with Crippen LogP contribution in [0.4, 0.5) is 0 Å². The fourth-order valence-electron chi connectivity index (χ4n) is 10.6. The molecule has 2 heterocycles. The molecule has 3 saturated carbocycles. The van der Waals surface area contributed by atoms with Gasteiger partial charge in [0.05, 0.1) is 5.54 Å². The number of aliphatic hydroxyl groups excluding tert-OH is 2. The van der Waals surface area contributed by atoms with E-state index >= 15 is 0 Å². The average molecular weight is 576 g/mol. The molecule has 6 rings (SSSR count). The summed E-state index contributed by atoms with van der Waals surface area (Å²) in [5.41, 5.74) is 8.86. The molecule has 6 nitrogen and oxygen atoms in total. The van der Waals surface area contributed by atoms with Gasteiger partial charge in [-0.3, -0.25) is 9.79 Å². The van der Waals surface area contributed by atoms with E-state index in [0.717, 1.165) is 75.7 Å². The summed E-state index contributed by atoms with van der Waals surface area (Å²) >= 11 is 0. The summed E-state index contributed by atoms with van der Waals surface area (Å²) in [4.78, 5) is 18.5.